The number of benzene rings is 2. The predicted molar refractivity (Wildman–Crippen MR) is 93.9 cm³/mol. The van der Waals surface area contributed by atoms with Gasteiger partial charge < -0.3 is 19.3 Å². The second-order valence-electron chi connectivity index (χ2n) is 5.59. The summed E-state index contributed by atoms with van der Waals surface area (Å²) in [5.41, 5.74) is 0.920. The van der Waals surface area contributed by atoms with Crippen LogP contribution in [0.15, 0.2) is 36.1 Å². The third-order valence-corrected chi connectivity index (χ3v) is 4.53. The van der Waals surface area contributed by atoms with Crippen molar-refractivity contribution in [3.63, 3.8) is 0 Å². The van der Waals surface area contributed by atoms with Crippen molar-refractivity contribution in [1.82, 2.24) is 0 Å². The Kier molecular flexibility index (Phi) is 4.54. The molecule has 0 bridgehead atoms. The van der Waals surface area contributed by atoms with Gasteiger partial charge in [-0.3, -0.25) is 14.2 Å². The van der Waals surface area contributed by atoms with E-state index >= 15 is 0 Å². The summed E-state index contributed by atoms with van der Waals surface area (Å²) in [4.78, 5) is 43.9. The first-order valence-corrected chi connectivity index (χ1v) is 9.18. The Morgan fingerprint density at radius 2 is 1.58 bits per heavy atom. The molecule has 8 heteroatoms. The zero-order valence-corrected chi connectivity index (χ0v) is 14.8. The molecule has 0 atom stereocenters. The minimum absolute atomic E-state index is 0.0998. The first-order chi connectivity index (χ1) is 12.3. The summed E-state index contributed by atoms with van der Waals surface area (Å²) in [5.74, 6) is 0.356. The molecule has 0 aromatic heterocycles. The average molecular weight is 374 g/mol. The molecule has 0 aliphatic heterocycles. The van der Waals surface area contributed by atoms with Gasteiger partial charge in [0.25, 0.3) is 0 Å². The minimum atomic E-state index is -4.36. The molecule has 0 unspecified atom stereocenters. The Balaban J connectivity index is 2.24. The van der Waals surface area contributed by atoms with Gasteiger partial charge in [0, 0.05) is 16.9 Å². The summed E-state index contributed by atoms with van der Waals surface area (Å²) in [6.07, 6.45) is 1.18. The van der Waals surface area contributed by atoms with Gasteiger partial charge in [0.05, 0.1) is 25.3 Å². The molecule has 134 valence electrons. The Labute approximate surface area is 149 Å². The zero-order valence-electron chi connectivity index (χ0n) is 13.9. The number of fused-ring (bicyclic) bond motifs is 2. The lowest BCUT2D eigenvalue weighted by Gasteiger charge is -2.21. The number of ether oxygens (including phenoxy) is 2. The Hall–Kier alpha value is -2.73. The summed E-state index contributed by atoms with van der Waals surface area (Å²) in [7, 11) is -1.60. The van der Waals surface area contributed by atoms with E-state index in [1.165, 1.54) is 38.5 Å². The molecule has 1 aliphatic carbocycles. The van der Waals surface area contributed by atoms with Crippen molar-refractivity contribution < 1.29 is 33.4 Å². The van der Waals surface area contributed by atoms with Crippen LogP contribution in [0.5, 0.6) is 11.5 Å². The van der Waals surface area contributed by atoms with Crippen LogP contribution >= 0.6 is 7.60 Å². The molecular weight excluding hydrogens is 359 g/mol. The van der Waals surface area contributed by atoms with E-state index in [9.17, 15) is 14.2 Å². The van der Waals surface area contributed by atoms with Crippen molar-refractivity contribution in [3.05, 3.63) is 64.0 Å². The molecule has 0 saturated carbocycles. The van der Waals surface area contributed by atoms with Crippen molar-refractivity contribution in [1.29, 1.82) is 0 Å². The maximum atomic E-state index is 13.0. The number of hydrogen-bond acceptors (Lipinski definition) is 5. The van der Waals surface area contributed by atoms with Gasteiger partial charge in [0.2, 0.25) is 5.78 Å². The second kappa shape index (κ2) is 6.53. The third-order valence-electron chi connectivity index (χ3n) is 4.00. The standard InChI is InChI=1S/C18H15O7P/c1-24-13-5-3-4-11-15(13)18(20)16-12(17(11)19)8-10(9-14(16)25-2)6-7-26(21,22)23/h3-9H,1-2H3,(H2,21,22,23). The molecule has 0 fully saturated rings. The third kappa shape index (κ3) is 3.08. The fourth-order valence-electron chi connectivity index (χ4n) is 2.89. The monoisotopic (exact) mass is 374 g/mol. The van der Waals surface area contributed by atoms with Crippen molar-refractivity contribution in [2.45, 2.75) is 0 Å². The number of rotatable bonds is 4. The molecular formula is C18H15O7P. The quantitative estimate of drug-likeness (QED) is 0.676. The van der Waals surface area contributed by atoms with E-state index in [2.05, 4.69) is 0 Å². The van der Waals surface area contributed by atoms with Crippen molar-refractivity contribution >= 4 is 25.2 Å². The molecule has 7 nitrogen and oxygen atoms in total. The first kappa shape index (κ1) is 18.1. The van der Waals surface area contributed by atoms with E-state index in [-0.39, 0.29) is 28.0 Å². The van der Waals surface area contributed by atoms with Gasteiger partial charge in [-0.1, -0.05) is 12.1 Å². The van der Waals surface area contributed by atoms with Gasteiger partial charge in [-0.2, -0.15) is 0 Å². The summed E-state index contributed by atoms with van der Waals surface area (Å²) in [6, 6.07) is 7.59. The number of hydrogen-bond donors (Lipinski definition) is 2. The Bertz CT molecular complexity index is 1000. The molecule has 0 saturated heterocycles. The highest BCUT2D eigenvalue weighted by Gasteiger charge is 2.35. The van der Waals surface area contributed by atoms with Gasteiger partial charge in [-0.15, -0.1) is 0 Å². The maximum Gasteiger partial charge on any atom is 0.349 e. The highest BCUT2D eigenvalue weighted by Crippen LogP contribution is 2.40. The fourth-order valence-corrected chi connectivity index (χ4v) is 3.25. The molecule has 2 aromatic rings. The maximum absolute atomic E-state index is 13.0. The molecule has 0 radical (unpaired) electrons. The molecule has 0 amide bonds. The summed E-state index contributed by atoms with van der Waals surface area (Å²) >= 11 is 0. The van der Waals surface area contributed by atoms with Gasteiger partial charge in [-0.25, -0.2) is 0 Å². The van der Waals surface area contributed by atoms with Crippen LogP contribution < -0.4 is 9.47 Å². The van der Waals surface area contributed by atoms with Gasteiger partial charge >= 0.3 is 7.60 Å². The normalized spacial score (nSPS) is 13.5. The lowest BCUT2D eigenvalue weighted by molar-refractivity contribution is 0.0974. The topological polar surface area (TPSA) is 110 Å². The van der Waals surface area contributed by atoms with Crippen LogP contribution in [0.4, 0.5) is 0 Å². The zero-order chi connectivity index (χ0) is 19.1. The SMILES string of the molecule is COc1cccc2c1C(=O)c1c(OC)cc(C=CP(=O)(O)O)cc1C2=O. The lowest BCUT2D eigenvalue weighted by Crippen LogP contribution is -2.22. The summed E-state index contributed by atoms with van der Waals surface area (Å²) in [5, 5.41) is 0. The molecule has 0 spiro atoms. The molecule has 3 rings (SSSR count). The number of carbonyl (C=O) groups is 2. The highest BCUT2D eigenvalue weighted by atomic mass is 31.2. The Morgan fingerprint density at radius 1 is 0.923 bits per heavy atom. The van der Waals surface area contributed by atoms with Crippen LogP contribution in [0, 0.1) is 0 Å². The van der Waals surface area contributed by atoms with Crippen molar-refractivity contribution in [2.75, 3.05) is 14.2 Å². The van der Waals surface area contributed by atoms with Crippen LogP contribution in [0.1, 0.15) is 37.4 Å². The molecule has 26 heavy (non-hydrogen) atoms. The summed E-state index contributed by atoms with van der Waals surface area (Å²) in [6.45, 7) is 0. The van der Waals surface area contributed by atoms with E-state index in [0.717, 1.165) is 5.82 Å². The number of ketones is 2. The molecule has 1 aliphatic rings. The molecule has 2 N–H and O–H groups in total. The van der Waals surface area contributed by atoms with Crippen LogP contribution in [-0.2, 0) is 4.57 Å². The van der Waals surface area contributed by atoms with E-state index in [1.807, 2.05) is 0 Å². The van der Waals surface area contributed by atoms with E-state index < -0.39 is 19.2 Å². The van der Waals surface area contributed by atoms with Crippen LogP contribution in [0.3, 0.4) is 0 Å². The predicted octanol–water partition coefficient (Wildman–Crippen LogP) is 2.63. The van der Waals surface area contributed by atoms with Gasteiger partial charge in [-0.05, 0) is 29.8 Å². The summed E-state index contributed by atoms with van der Waals surface area (Å²) < 4.78 is 21.5. The number of methoxy groups -OCH3 is 2. The Morgan fingerprint density at radius 3 is 2.19 bits per heavy atom. The van der Waals surface area contributed by atoms with Crippen molar-refractivity contribution in [2.24, 2.45) is 0 Å². The second-order valence-corrected chi connectivity index (χ2v) is 7.07. The minimum Gasteiger partial charge on any atom is -0.496 e. The van der Waals surface area contributed by atoms with Gasteiger partial charge in [0.15, 0.2) is 5.78 Å². The van der Waals surface area contributed by atoms with Crippen LogP contribution in [-0.4, -0.2) is 35.6 Å². The molecule has 2 aromatic carbocycles. The van der Waals surface area contributed by atoms with Crippen LogP contribution in [0.25, 0.3) is 6.08 Å². The molecule has 0 heterocycles. The number of carbonyl (C=O) groups excluding carboxylic acids is 2. The largest absolute Gasteiger partial charge is 0.496 e. The van der Waals surface area contributed by atoms with E-state index in [0.29, 0.717) is 11.3 Å². The lowest BCUT2D eigenvalue weighted by atomic mass is 9.82. The smallest absolute Gasteiger partial charge is 0.349 e. The van der Waals surface area contributed by atoms with Gasteiger partial charge in [0.1, 0.15) is 11.5 Å². The highest BCUT2D eigenvalue weighted by molar-refractivity contribution is 7.55. The van der Waals surface area contributed by atoms with E-state index in [4.69, 9.17) is 19.3 Å². The van der Waals surface area contributed by atoms with E-state index in [1.54, 1.807) is 12.1 Å². The van der Waals surface area contributed by atoms with Crippen LogP contribution in [0.2, 0.25) is 0 Å². The van der Waals surface area contributed by atoms with Crippen molar-refractivity contribution in [3.8, 4) is 11.5 Å². The average Bonchev–Trinajstić information content (AvgIpc) is 2.62. The fraction of sp³-hybridized carbons (Fsp3) is 0.111. The first-order valence-electron chi connectivity index (χ1n) is 7.49.